The third-order valence-electron chi connectivity index (χ3n) is 3.21. The minimum absolute atomic E-state index is 0.00226. The maximum atomic E-state index is 12.4. The summed E-state index contributed by atoms with van der Waals surface area (Å²) < 4.78 is 27.1. The average molecular weight is 396 g/mol. The van der Waals surface area contributed by atoms with Crippen molar-refractivity contribution in [2.75, 3.05) is 4.72 Å². The molecule has 0 amide bonds. The standard InChI is InChI=1S/C15H10ClN3O4S2/c16-10-4-3-5-11(8-10)25(22,23)18-15-17-13(9-24-15)12-6-1-2-7-14(12)19(20)21/h1-9H,(H,17,18). The van der Waals surface area contributed by atoms with Gasteiger partial charge in [0, 0.05) is 16.5 Å². The van der Waals surface area contributed by atoms with Gasteiger partial charge in [0.1, 0.15) is 0 Å². The molecule has 1 heterocycles. The van der Waals surface area contributed by atoms with E-state index in [-0.39, 0.29) is 15.7 Å². The van der Waals surface area contributed by atoms with Crippen molar-refractivity contribution >= 4 is 43.8 Å². The number of rotatable bonds is 5. The van der Waals surface area contributed by atoms with E-state index in [1.165, 1.54) is 24.3 Å². The Bertz CT molecular complexity index is 1050. The summed E-state index contributed by atoms with van der Waals surface area (Å²) in [5, 5.41) is 13.1. The summed E-state index contributed by atoms with van der Waals surface area (Å²) in [6.45, 7) is 0. The van der Waals surface area contributed by atoms with Gasteiger partial charge >= 0.3 is 0 Å². The van der Waals surface area contributed by atoms with Crippen LogP contribution >= 0.6 is 22.9 Å². The summed E-state index contributed by atoms with van der Waals surface area (Å²) in [5.74, 6) is 0. The monoisotopic (exact) mass is 395 g/mol. The van der Waals surface area contributed by atoms with Crippen LogP contribution in [0.1, 0.15) is 0 Å². The lowest BCUT2D eigenvalue weighted by Crippen LogP contribution is -2.12. The number of anilines is 1. The molecule has 0 aliphatic rings. The SMILES string of the molecule is O=[N+]([O-])c1ccccc1-c1csc(NS(=O)(=O)c2cccc(Cl)c2)n1. The van der Waals surface area contributed by atoms with Gasteiger partial charge in [-0.1, -0.05) is 29.8 Å². The summed E-state index contributed by atoms with van der Waals surface area (Å²) in [4.78, 5) is 14.7. The number of hydrogen-bond acceptors (Lipinski definition) is 6. The van der Waals surface area contributed by atoms with Gasteiger partial charge in [0.05, 0.1) is 21.1 Å². The van der Waals surface area contributed by atoms with Crippen LogP contribution in [0.5, 0.6) is 0 Å². The normalized spacial score (nSPS) is 11.2. The lowest BCUT2D eigenvalue weighted by atomic mass is 10.1. The van der Waals surface area contributed by atoms with E-state index in [4.69, 9.17) is 11.6 Å². The van der Waals surface area contributed by atoms with Gasteiger partial charge in [-0.15, -0.1) is 11.3 Å². The minimum atomic E-state index is -3.85. The van der Waals surface area contributed by atoms with Crippen LogP contribution in [0.3, 0.4) is 0 Å². The van der Waals surface area contributed by atoms with Crippen LogP contribution in [0.15, 0.2) is 58.8 Å². The maximum absolute atomic E-state index is 12.4. The Morgan fingerprint density at radius 3 is 2.64 bits per heavy atom. The lowest BCUT2D eigenvalue weighted by Gasteiger charge is -2.05. The van der Waals surface area contributed by atoms with Gasteiger partial charge in [-0.25, -0.2) is 13.4 Å². The van der Waals surface area contributed by atoms with Crippen LogP contribution in [-0.4, -0.2) is 18.3 Å². The molecule has 3 aromatic rings. The van der Waals surface area contributed by atoms with Crippen molar-refractivity contribution in [3.05, 3.63) is 69.0 Å². The van der Waals surface area contributed by atoms with Crippen LogP contribution in [-0.2, 0) is 10.0 Å². The lowest BCUT2D eigenvalue weighted by molar-refractivity contribution is -0.384. The Hall–Kier alpha value is -2.49. The zero-order valence-electron chi connectivity index (χ0n) is 12.4. The number of hydrogen-bond donors (Lipinski definition) is 1. The highest BCUT2D eigenvalue weighted by Gasteiger charge is 2.20. The molecule has 10 heteroatoms. The summed E-state index contributed by atoms with van der Waals surface area (Å²) in [7, 11) is -3.85. The fourth-order valence-corrected chi connectivity index (χ4v) is 4.37. The van der Waals surface area contributed by atoms with E-state index in [0.717, 1.165) is 11.3 Å². The number of benzene rings is 2. The smallest absolute Gasteiger partial charge is 0.258 e. The van der Waals surface area contributed by atoms with Crippen LogP contribution in [0.25, 0.3) is 11.3 Å². The molecule has 0 atom stereocenters. The van der Waals surface area contributed by atoms with Gasteiger partial charge < -0.3 is 0 Å². The number of nitrogens with zero attached hydrogens (tertiary/aromatic N) is 2. The molecule has 0 radical (unpaired) electrons. The highest BCUT2D eigenvalue weighted by molar-refractivity contribution is 7.93. The number of nitro groups is 1. The second-order valence-electron chi connectivity index (χ2n) is 4.88. The van der Waals surface area contributed by atoms with Gasteiger partial charge in [0.2, 0.25) is 0 Å². The molecular formula is C15H10ClN3O4S2. The molecule has 0 spiro atoms. The molecule has 1 N–H and O–H groups in total. The molecule has 7 nitrogen and oxygen atoms in total. The number of sulfonamides is 1. The zero-order valence-corrected chi connectivity index (χ0v) is 14.8. The molecule has 0 aliphatic heterocycles. The molecule has 0 unspecified atom stereocenters. The highest BCUT2D eigenvalue weighted by atomic mass is 35.5. The first-order chi connectivity index (χ1) is 11.9. The van der Waals surface area contributed by atoms with Crippen LogP contribution in [0.4, 0.5) is 10.8 Å². The van der Waals surface area contributed by atoms with E-state index in [0.29, 0.717) is 16.3 Å². The first-order valence-corrected chi connectivity index (χ1v) is 9.58. The van der Waals surface area contributed by atoms with Gasteiger partial charge in [0.15, 0.2) is 5.13 Å². The Morgan fingerprint density at radius 1 is 1.16 bits per heavy atom. The molecule has 1 aromatic heterocycles. The highest BCUT2D eigenvalue weighted by Crippen LogP contribution is 2.32. The van der Waals surface area contributed by atoms with Crippen LogP contribution < -0.4 is 4.72 Å². The number of aromatic nitrogens is 1. The van der Waals surface area contributed by atoms with Crippen molar-refractivity contribution in [3.63, 3.8) is 0 Å². The van der Waals surface area contributed by atoms with Crippen LogP contribution in [0, 0.1) is 10.1 Å². The number of nitro benzene ring substituents is 1. The van der Waals surface area contributed by atoms with E-state index in [2.05, 4.69) is 9.71 Å². The maximum Gasteiger partial charge on any atom is 0.278 e. The van der Waals surface area contributed by atoms with Crippen molar-refractivity contribution in [1.29, 1.82) is 0 Å². The number of thiazole rings is 1. The molecule has 128 valence electrons. The van der Waals surface area contributed by atoms with Crippen molar-refractivity contribution in [3.8, 4) is 11.3 Å². The molecule has 0 saturated heterocycles. The summed E-state index contributed by atoms with van der Waals surface area (Å²) in [6.07, 6.45) is 0. The molecule has 2 aromatic carbocycles. The third-order valence-corrected chi connectivity index (χ3v) is 5.67. The van der Waals surface area contributed by atoms with E-state index in [1.807, 2.05) is 0 Å². The molecule has 0 aliphatic carbocycles. The number of nitrogens with one attached hydrogen (secondary N) is 1. The number of para-hydroxylation sites is 1. The molecule has 0 saturated carbocycles. The third kappa shape index (κ3) is 3.78. The quantitative estimate of drug-likeness (QED) is 0.515. The van der Waals surface area contributed by atoms with Crippen molar-refractivity contribution < 1.29 is 13.3 Å². The predicted octanol–water partition coefficient (Wildman–Crippen LogP) is 4.17. The van der Waals surface area contributed by atoms with Crippen LogP contribution in [0.2, 0.25) is 5.02 Å². The molecular weight excluding hydrogens is 386 g/mol. The van der Waals surface area contributed by atoms with E-state index < -0.39 is 14.9 Å². The zero-order chi connectivity index (χ0) is 18.0. The van der Waals surface area contributed by atoms with Crippen molar-refractivity contribution in [2.24, 2.45) is 0 Å². The fraction of sp³-hybridized carbons (Fsp3) is 0. The Balaban J connectivity index is 1.91. The largest absolute Gasteiger partial charge is 0.278 e. The Labute approximate surface area is 152 Å². The molecule has 25 heavy (non-hydrogen) atoms. The van der Waals surface area contributed by atoms with E-state index >= 15 is 0 Å². The first kappa shape index (κ1) is 17.3. The fourth-order valence-electron chi connectivity index (χ4n) is 2.10. The minimum Gasteiger partial charge on any atom is -0.258 e. The second-order valence-corrected chi connectivity index (χ2v) is 7.85. The summed E-state index contributed by atoms with van der Waals surface area (Å²) >= 11 is 6.85. The van der Waals surface area contributed by atoms with Crippen molar-refractivity contribution in [2.45, 2.75) is 4.90 Å². The first-order valence-electron chi connectivity index (χ1n) is 6.84. The van der Waals surface area contributed by atoms with Crippen molar-refractivity contribution in [1.82, 2.24) is 4.98 Å². The van der Waals surface area contributed by atoms with E-state index in [9.17, 15) is 18.5 Å². The van der Waals surface area contributed by atoms with Gasteiger partial charge in [-0.3, -0.25) is 14.8 Å². The molecule has 0 bridgehead atoms. The second kappa shape index (κ2) is 6.79. The van der Waals surface area contributed by atoms with Gasteiger partial charge in [0.25, 0.3) is 15.7 Å². The molecule has 3 rings (SSSR count). The number of halogens is 1. The predicted molar refractivity (Wildman–Crippen MR) is 96.5 cm³/mol. The summed E-state index contributed by atoms with van der Waals surface area (Å²) in [5.41, 5.74) is 0.537. The Morgan fingerprint density at radius 2 is 1.92 bits per heavy atom. The van der Waals surface area contributed by atoms with Gasteiger partial charge in [-0.05, 0) is 24.3 Å². The molecule has 0 fully saturated rings. The topological polar surface area (TPSA) is 102 Å². The average Bonchev–Trinajstić information content (AvgIpc) is 3.02. The van der Waals surface area contributed by atoms with Gasteiger partial charge in [-0.2, -0.15) is 0 Å². The Kier molecular flexibility index (Phi) is 4.71. The van der Waals surface area contributed by atoms with E-state index in [1.54, 1.807) is 29.6 Å². The summed E-state index contributed by atoms with van der Waals surface area (Å²) in [6, 6.07) is 11.9.